The summed E-state index contributed by atoms with van der Waals surface area (Å²) in [6, 6.07) is 12.4. The molecule has 18 heavy (non-hydrogen) atoms. The summed E-state index contributed by atoms with van der Waals surface area (Å²) in [6.07, 6.45) is 0. The Labute approximate surface area is 106 Å². The van der Waals surface area contributed by atoms with Gasteiger partial charge in [0.15, 0.2) is 5.43 Å². The number of rotatable bonds is 1. The van der Waals surface area contributed by atoms with Gasteiger partial charge in [0.1, 0.15) is 0 Å². The summed E-state index contributed by atoms with van der Waals surface area (Å²) in [5.41, 5.74) is 5.69. The van der Waals surface area contributed by atoms with Crippen LogP contribution in [0.5, 0.6) is 0 Å². The molecule has 1 heterocycles. The van der Waals surface area contributed by atoms with Gasteiger partial charge in [-0.3, -0.25) is 9.59 Å². The molecular weight excluding hydrogens is 246 g/mol. The van der Waals surface area contributed by atoms with E-state index in [4.69, 9.17) is 5.73 Å². The Kier molecular flexibility index (Phi) is 2.38. The monoisotopic (exact) mass is 255 g/mol. The Bertz CT molecular complexity index is 836. The molecule has 1 amide bonds. The number of primary amides is 1. The summed E-state index contributed by atoms with van der Waals surface area (Å²) in [4.78, 5) is 23.7. The highest BCUT2D eigenvalue weighted by molar-refractivity contribution is 7.24. The van der Waals surface area contributed by atoms with Gasteiger partial charge >= 0.3 is 0 Å². The third-order valence-corrected chi connectivity index (χ3v) is 4.09. The van der Waals surface area contributed by atoms with Crippen LogP contribution < -0.4 is 11.2 Å². The van der Waals surface area contributed by atoms with Gasteiger partial charge in [0.2, 0.25) is 5.91 Å². The van der Waals surface area contributed by atoms with Gasteiger partial charge in [0, 0.05) is 15.5 Å². The van der Waals surface area contributed by atoms with Crippen LogP contribution in [0, 0.1) is 0 Å². The minimum absolute atomic E-state index is 0.0533. The minimum atomic E-state index is -0.508. The Morgan fingerprint density at radius 3 is 2.50 bits per heavy atom. The molecule has 0 saturated carbocycles. The highest BCUT2D eigenvalue weighted by Gasteiger charge is 2.11. The van der Waals surface area contributed by atoms with Crippen molar-refractivity contribution in [2.75, 3.05) is 0 Å². The molecule has 2 aromatic carbocycles. The Balaban J connectivity index is 2.60. The molecule has 0 atom stereocenters. The van der Waals surface area contributed by atoms with Crippen molar-refractivity contribution in [3.05, 3.63) is 58.3 Å². The van der Waals surface area contributed by atoms with Gasteiger partial charge in [0.05, 0.1) is 10.3 Å². The van der Waals surface area contributed by atoms with Crippen molar-refractivity contribution in [1.29, 1.82) is 0 Å². The fourth-order valence-electron chi connectivity index (χ4n) is 2.02. The first-order chi connectivity index (χ1) is 8.68. The molecule has 0 saturated heterocycles. The van der Waals surface area contributed by atoms with Gasteiger partial charge in [-0.25, -0.2) is 0 Å². The van der Waals surface area contributed by atoms with Crippen molar-refractivity contribution >= 4 is 37.4 Å². The van der Waals surface area contributed by atoms with E-state index in [1.54, 1.807) is 24.3 Å². The smallest absolute Gasteiger partial charge is 0.250 e. The van der Waals surface area contributed by atoms with Crippen LogP contribution in [0.25, 0.3) is 20.2 Å². The summed E-state index contributed by atoms with van der Waals surface area (Å²) in [5, 5.41) is 1.23. The van der Waals surface area contributed by atoms with Crippen LogP contribution in [0.3, 0.4) is 0 Å². The zero-order valence-corrected chi connectivity index (χ0v) is 10.2. The van der Waals surface area contributed by atoms with Crippen LogP contribution in [0.15, 0.2) is 47.3 Å². The van der Waals surface area contributed by atoms with Crippen molar-refractivity contribution in [2.45, 2.75) is 0 Å². The molecule has 0 bridgehead atoms. The highest BCUT2D eigenvalue weighted by atomic mass is 32.1. The molecule has 3 nitrogen and oxygen atoms in total. The lowest BCUT2D eigenvalue weighted by Gasteiger charge is -2.03. The number of carbonyl (C=O) groups is 1. The summed E-state index contributed by atoms with van der Waals surface area (Å²) < 4.78 is 1.53. The van der Waals surface area contributed by atoms with Crippen LogP contribution in [0.2, 0.25) is 0 Å². The number of hydrogen-bond acceptors (Lipinski definition) is 3. The molecule has 0 radical (unpaired) electrons. The molecule has 88 valence electrons. The molecule has 0 aliphatic rings. The number of nitrogens with two attached hydrogens (primary N) is 1. The molecule has 3 rings (SSSR count). The van der Waals surface area contributed by atoms with Gasteiger partial charge in [0.25, 0.3) is 0 Å². The quantitative estimate of drug-likeness (QED) is 0.679. The van der Waals surface area contributed by atoms with Crippen LogP contribution in [0.1, 0.15) is 10.4 Å². The predicted octanol–water partition coefficient (Wildman–Crippen LogP) is 2.51. The Morgan fingerprint density at radius 2 is 1.72 bits per heavy atom. The molecule has 0 aliphatic carbocycles. The maximum Gasteiger partial charge on any atom is 0.250 e. The molecule has 1 aromatic heterocycles. The summed E-state index contributed by atoms with van der Waals surface area (Å²) in [7, 11) is 0. The van der Waals surface area contributed by atoms with Crippen molar-refractivity contribution in [3.63, 3.8) is 0 Å². The first kappa shape index (κ1) is 10.9. The van der Waals surface area contributed by atoms with Gasteiger partial charge in [-0.15, -0.1) is 11.3 Å². The van der Waals surface area contributed by atoms with E-state index in [0.29, 0.717) is 21.0 Å². The number of benzene rings is 2. The minimum Gasteiger partial charge on any atom is -0.366 e. The van der Waals surface area contributed by atoms with Crippen LogP contribution in [-0.4, -0.2) is 5.91 Å². The van der Waals surface area contributed by atoms with E-state index in [1.807, 2.05) is 18.2 Å². The van der Waals surface area contributed by atoms with Gasteiger partial charge in [-0.05, 0) is 24.3 Å². The van der Waals surface area contributed by atoms with Crippen molar-refractivity contribution < 1.29 is 4.79 Å². The van der Waals surface area contributed by atoms with Gasteiger partial charge < -0.3 is 5.73 Å². The first-order valence-corrected chi connectivity index (χ1v) is 6.24. The fourth-order valence-corrected chi connectivity index (χ4v) is 3.20. The van der Waals surface area contributed by atoms with Crippen molar-refractivity contribution in [3.8, 4) is 0 Å². The maximum absolute atomic E-state index is 12.3. The third-order valence-electron chi connectivity index (χ3n) is 2.87. The molecule has 0 spiro atoms. The van der Waals surface area contributed by atoms with Gasteiger partial charge in [-0.2, -0.15) is 0 Å². The molecule has 0 fully saturated rings. The second-order valence-electron chi connectivity index (χ2n) is 3.97. The molecule has 0 aliphatic heterocycles. The number of amides is 1. The topological polar surface area (TPSA) is 60.2 Å². The van der Waals surface area contributed by atoms with Crippen LogP contribution >= 0.6 is 11.3 Å². The lowest BCUT2D eigenvalue weighted by Crippen LogP contribution is -2.12. The zero-order valence-electron chi connectivity index (χ0n) is 9.34. The third kappa shape index (κ3) is 1.50. The van der Waals surface area contributed by atoms with E-state index in [1.165, 1.54) is 11.3 Å². The molecule has 3 aromatic rings. The number of hydrogen-bond donors (Lipinski definition) is 1. The first-order valence-electron chi connectivity index (χ1n) is 5.43. The normalized spacial score (nSPS) is 10.9. The van der Waals surface area contributed by atoms with Gasteiger partial charge in [-0.1, -0.05) is 18.2 Å². The zero-order chi connectivity index (χ0) is 12.7. The van der Waals surface area contributed by atoms with Crippen LogP contribution in [0.4, 0.5) is 0 Å². The highest BCUT2D eigenvalue weighted by Crippen LogP contribution is 2.26. The van der Waals surface area contributed by atoms with E-state index in [9.17, 15) is 9.59 Å². The average molecular weight is 255 g/mol. The summed E-state index contributed by atoms with van der Waals surface area (Å²) in [6.45, 7) is 0. The number of fused-ring (bicyclic) bond motifs is 2. The lowest BCUT2D eigenvalue weighted by molar-refractivity contribution is 0.100. The number of carbonyl (C=O) groups excluding carboxylic acids is 1. The van der Waals surface area contributed by atoms with E-state index < -0.39 is 5.91 Å². The Morgan fingerprint density at radius 1 is 1.00 bits per heavy atom. The standard InChI is InChI=1S/C14H9NO2S/c15-14(17)10-6-3-5-9-12(16)8-4-1-2-7-11(8)18-13(9)10/h1-7H,(H2,15,17). The van der Waals surface area contributed by atoms with Crippen LogP contribution in [-0.2, 0) is 0 Å². The second-order valence-corrected chi connectivity index (χ2v) is 5.03. The van der Waals surface area contributed by atoms with E-state index in [-0.39, 0.29) is 5.43 Å². The second kappa shape index (κ2) is 3.92. The predicted molar refractivity (Wildman–Crippen MR) is 74.1 cm³/mol. The summed E-state index contributed by atoms with van der Waals surface area (Å²) >= 11 is 1.42. The molecule has 4 heteroatoms. The van der Waals surface area contributed by atoms with E-state index in [0.717, 1.165) is 4.70 Å². The molecule has 0 unspecified atom stereocenters. The SMILES string of the molecule is NC(=O)c1cccc2c(=O)c3ccccc3sc12. The summed E-state index contributed by atoms with van der Waals surface area (Å²) in [5.74, 6) is -0.508. The Hall–Kier alpha value is -2.20. The van der Waals surface area contributed by atoms with E-state index >= 15 is 0 Å². The largest absolute Gasteiger partial charge is 0.366 e. The fraction of sp³-hybridized carbons (Fsp3) is 0. The average Bonchev–Trinajstić information content (AvgIpc) is 2.38. The van der Waals surface area contributed by atoms with Crippen molar-refractivity contribution in [1.82, 2.24) is 0 Å². The molecular formula is C14H9NO2S. The lowest BCUT2D eigenvalue weighted by atomic mass is 10.1. The molecule has 2 N–H and O–H groups in total. The maximum atomic E-state index is 12.3. The van der Waals surface area contributed by atoms with E-state index in [2.05, 4.69) is 0 Å². The van der Waals surface area contributed by atoms with Crippen molar-refractivity contribution in [2.24, 2.45) is 5.73 Å².